The standard InChI is InChI=1S/C36H24O8/c37-29-21-9-22-14-1-13(21)5-15-2-17-7-19-4-20-8-18-3-16(6-14)24(32(40)30(22)38)11-26(18)34(42)36(44)28(20)12-27(19)35(43)33(41)25(17)10-23(15)31(29)39/h1-4,21,23-24,27H,5-12H2. The summed E-state index contributed by atoms with van der Waals surface area (Å²) >= 11 is 0. The molecule has 0 saturated heterocycles. The van der Waals surface area contributed by atoms with Crippen molar-refractivity contribution in [3.8, 4) is 0 Å². The Hall–Kier alpha value is -4.72. The minimum Gasteiger partial charge on any atom is -0.290 e. The van der Waals surface area contributed by atoms with Crippen LogP contribution in [0.2, 0.25) is 0 Å². The van der Waals surface area contributed by atoms with Crippen LogP contribution in [0, 0.1) is 23.7 Å². The molecule has 8 bridgehead atoms. The maximum Gasteiger partial charge on any atom is 0.229 e. The van der Waals surface area contributed by atoms with Gasteiger partial charge in [-0.1, -0.05) is 46.6 Å². The van der Waals surface area contributed by atoms with Gasteiger partial charge in [-0.2, -0.15) is 0 Å². The molecule has 0 aliphatic heterocycles. The van der Waals surface area contributed by atoms with Crippen molar-refractivity contribution in [1.82, 2.24) is 0 Å². The maximum absolute atomic E-state index is 13.7. The first-order chi connectivity index (χ1) is 21.1. The third kappa shape index (κ3) is 3.23. The average Bonchev–Trinajstić information content (AvgIpc) is 3.27. The molecule has 0 aromatic rings. The third-order valence-corrected chi connectivity index (χ3v) is 11.2. The highest BCUT2D eigenvalue weighted by atomic mass is 16.2. The van der Waals surface area contributed by atoms with Crippen LogP contribution in [0.15, 0.2) is 91.2 Å². The zero-order valence-electron chi connectivity index (χ0n) is 23.5. The number of hydrogen-bond donors (Lipinski definition) is 0. The van der Waals surface area contributed by atoms with Crippen LogP contribution in [0.4, 0.5) is 0 Å². The van der Waals surface area contributed by atoms with Gasteiger partial charge in [0.2, 0.25) is 46.3 Å². The van der Waals surface area contributed by atoms with Crippen LogP contribution in [0.3, 0.4) is 0 Å². The Morgan fingerprint density at radius 1 is 0.341 bits per heavy atom. The lowest BCUT2D eigenvalue weighted by molar-refractivity contribution is -0.140. The van der Waals surface area contributed by atoms with E-state index in [0.29, 0.717) is 51.0 Å². The molecule has 4 atom stereocenters. The second-order valence-electron chi connectivity index (χ2n) is 13.4. The zero-order valence-corrected chi connectivity index (χ0v) is 23.5. The van der Waals surface area contributed by atoms with Crippen molar-refractivity contribution >= 4 is 46.3 Å². The summed E-state index contributed by atoms with van der Waals surface area (Å²) in [6.07, 6.45) is 8.08. The van der Waals surface area contributed by atoms with Crippen molar-refractivity contribution in [2.75, 3.05) is 0 Å². The zero-order chi connectivity index (χ0) is 30.3. The second-order valence-corrected chi connectivity index (χ2v) is 13.4. The molecule has 9 aliphatic rings. The van der Waals surface area contributed by atoms with Crippen LogP contribution in [0.5, 0.6) is 0 Å². The normalized spacial score (nSPS) is 32.4. The van der Waals surface area contributed by atoms with Gasteiger partial charge < -0.3 is 0 Å². The summed E-state index contributed by atoms with van der Waals surface area (Å²) in [7, 11) is 0. The number of rotatable bonds is 0. The summed E-state index contributed by atoms with van der Waals surface area (Å²) in [6.45, 7) is 0. The first-order valence-electron chi connectivity index (χ1n) is 15.1. The van der Waals surface area contributed by atoms with E-state index in [9.17, 15) is 38.4 Å². The van der Waals surface area contributed by atoms with Crippen LogP contribution in [0.1, 0.15) is 51.4 Å². The Morgan fingerprint density at radius 3 is 1.02 bits per heavy atom. The van der Waals surface area contributed by atoms with Gasteiger partial charge in [-0.25, -0.2) is 0 Å². The molecule has 1 saturated carbocycles. The lowest BCUT2D eigenvalue weighted by Gasteiger charge is -2.27. The first kappa shape index (κ1) is 25.7. The highest BCUT2D eigenvalue weighted by Gasteiger charge is 2.49. The van der Waals surface area contributed by atoms with Gasteiger partial charge in [0, 0.05) is 22.3 Å². The lowest BCUT2D eigenvalue weighted by Crippen LogP contribution is -2.34. The molecule has 216 valence electrons. The Morgan fingerprint density at radius 2 is 0.636 bits per heavy atom. The van der Waals surface area contributed by atoms with Gasteiger partial charge in [-0.3, -0.25) is 38.4 Å². The molecule has 8 nitrogen and oxygen atoms in total. The lowest BCUT2D eigenvalue weighted by atomic mass is 9.76. The number of allylic oxidation sites excluding steroid dienone is 16. The van der Waals surface area contributed by atoms with Gasteiger partial charge in [0.1, 0.15) is 0 Å². The average molecular weight is 585 g/mol. The molecule has 44 heavy (non-hydrogen) atoms. The second kappa shape index (κ2) is 8.46. The van der Waals surface area contributed by atoms with Crippen molar-refractivity contribution in [3.63, 3.8) is 0 Å². The molecular weight excluding hydrogens is 560 g/mol. The largest absolute Gasteiger partial charge is 0.290 e. The molecule has 0 aromatic heterocycles. The van der Waals surface area contributed by atoms with E-state index in [2.05, 4.69) is 0 Å². The minimum atomic E-state index is -0.904. The highest BCUT2D eigenvalue weighted by Crippen LogP contribution is 2.50. The maximum atomic E-state index is 13.7. The fourth-order valence-electron chi connectivity index (χ4n) is 8.95. The number of carbonyl (C=O) groups is 8. The summed E-state index contributed by atoms with van der Waals surface area (Å²) < 4.78 is 0. The number of ketones is 8. The molecule has 0 aromatic carbocycles. The van der Waals surface area contributed by atoms with E-state index in [4.69, 9.17) is 0 Å². The molecule has 4 unspecified atom stereocenters. The van der Waals surface area contributed by atoms with Crippen LogP contribution in [-0.2, 0) is 38.4 Å². The number of Topliss-reactive ketones (excluding diaryl/α,β-unsaturated/α-hetero) is 8. The third-order valence-electron chi connectivity index (χ3n) is 11.2. The van der Waals surface area contributed by atoms with E-state index in [1.807, 2.05) is 12.2 Å². The van der Waals surface area contributed by atoms with Crippen LogP contribution in [0.25, 0.3) is 0 Å². The SMILES string of the molecule is O=C1C(=O)C2=C3C=C4CC5=C(CC6C(=O)C(=O)C7CC8=C(C=C7CC6=C5)CC5=CC(=C1CC5C(=O)C8=O)C3)C(=O)C(=O)C4C2. The smallest absolute Gasteiger partial charge is 0.229 e. The van der Waals surface area contributed by atoms with E-state index < -0.39 is 69.9 Å². The van der Waals surface area contributed by atoms with E-state index in [-0.39, 0.29) is 67.2 Å². The fourth-order valence-corrected chi connectivity index (χ4v) is 8.95. The highest BCUT2D eigenvalue weighted by molar-refractivity contribution is 6.51. The Labute approximate surface area is 250 Å². The van der Waals surface area contributed by atoms with Crippen molar-refractivity contribution < 1.29 is 38.4 Å². The Kier molecular flexibility index (Phi) is 4.95. The topological polar surface area (TPSA) is 137 Å². The fraction of sp³-hybridized carbons (Fsp3) is 0.333. The summed E-state index contributed by atoms with van der Waals surface area (Å²) in [6, 6.07) is 0. The number of hydrogen-bond acceptors (Lipinski definition) is 8. The molecule has 9 aliphatic carbocycles. The predicted octanol–water partition coefficient (Wildman–Crippen LogP) is 3.14. The van der Waals surface area contributed by atoms with Crippen molar-refractivity contribution in [3.05, 3.63) is 91.2 Å². The quantitative estimate of drug-likeness (QED) is 0.396. The van der Waals surface area contributed by atoms with Gasteiger partial charge in [-0.05, 0) is 73.7 Å². The molecule has 8 heteroatoms. The Bertz CT molecular complexity index is 1870. The van der Waals surface area contributed by atoms with E-state index in [1.54, 1.807) is 12.2 Å². The molecule has 0 spiro atoms. The van der Waals surface area contributed by atoms with Gasteiger partial charge in [0.05, 0.1) is 23.7 Å². The molecule has 9 rings (SSSR count). The molecule has 1 fully saturated rings. The van der Waals surface area contributed by atoms with Gasteiger partial charge in [0.15, 0.2) is 0 Å². The van der Waals surface area contributed by atoms with Crippen molar-refractivity contribution in [1.29, 1.82) is 0 Å². The van der Waals surface area contributed by atoms with Crippen molar-refractivity contribution in [2.24, 2.45) is 23.7 Å². The Balaban J connectivity index is 1.33. The molecule has 0 N–H and O–H groups in total. The van der Waals surface area contributed by atoms with Gasteiger partial charge >= 0.3 is 0 Å². The molecule has 0 amide bonds. The predicted molar refractivity (Wildman–Crippen MR) is 151 cm³/mol. The van der Waals surface area contributed by atoms with E-state index in [1.165, 1.54) is 0 Å². The summed E-state index contributed by atoms with van der Waals surface area (Å²) in [4.78, 5) is 110. The van der Waals surface area contributed by atoms with Gasteiger partial charge in [0.25, 0.3) is 0 Å². The van der Waals surface area contributed by atoms with Crippen LogP contribution in [-0.4, -0.2) is 46.3 Å². The van der Waals surface area contributed by atoms with Crippen LogP contribution < -0.4 is 0 Å². The molecule has 0 radical (unpaired) electrons. The number of carbonyl (C=O) groups excluding carboxylic acids is 8. The molecular formula is C36H24O8. The van der Waals surface area contributed by atoms with Crippen molar-refractivity contribution in [2.45, 2.75) is 51.4 Å². The molecule has 0 heterocycles. The monoisotopic (exact) mass is 584 g/mol. The summed E-state index contributed by atoms with van der Waals surface area (Å²) in [5, 5.41) is 0. The van der Waals surface area contributed by atoms with E-state index in [0.717, 1.165) is 0 Å². The summed E-state index contributed by atoms with van der Waals surface area (Å²) in [5.41, 5.74) is 6.20. The van der Waals surface area contributed by atoms with Crippen LogP contribution >= 0.6 is 0 Å². The summed E-state index contributed by atoms with van der Waals surface area (Å²) in [5.74, 6) is -9.12. The van der Waals surface area contributed by atoms with Gasteiger partial charge in [-0.15, -0.1) is 0 Å². The van der Waals surface area contributed by atoms with E-state index >= 15 is 0 Å². The minimum absolute atomic E-state index is 0.0593. The first-order valence-corrected chi connectivity index (χ1v) is 15.1.